The highest BCUT2D eigenvalue weighted by Gasteiger charge is 2.43. The van der Waals surface area contributed by atoms with E-state index in [0.29, 0.717) is 11.5 Å². The first-order chi connectivity index (χ1) is 8.65. The van der Waals surface area contributed by atoms with Crippen molar-refractivity contribution >= 4 is 17.4 Å². The minimum atomic E-state index is -1.04. The Morgan fingerprint density at radius 2 is 2.28 bits per heavy atom. The van der Waals surface area contributed by atoms with Crippen LogP contribution >= 0.6 is 0 Å². The predicted octanol–water partition coefficient (Wildman–Crippen LogP) is 0.969. The number of imidazole rings is 1. The van der Waals surface area contributed by atoms with Crippen LogP contribution in [0.25, 0.3) is 5.65 Å². The lowest BCUT2D eigenvalue weighted by Crippen LogP contribution is -2.27. The van der Waals surface area contributed by atoms with Gasteiger partial charge in [-0.25, -0.2) is 9.78 Å². The van der Waals surface area contributed by atoms with E-state index in [9.17, 15) is 15.0 Å². The van der Waals surface area contributed by atoms with E-state index in [1.807, 2.05) is 0 Å². The Bertz CT molecular complexity index is 616. The van der Waals surface area contributed by atoms with Crippen LogP contribution in [0.2, 0.25) is 0 Å². The molecule has 18 heavy (non-hydrogen) atoms. The summed E-state index contributed by atoms with van der Waals surface area (Å²) in [5.74, 6) is -0.717. The first-order valence-corrected chi connectivity index (χ1v) is 5.75. The third-order valence-electron chi connectivity index (χ3n) is 3.27. The van der Waals surface area contributed by atoms with Crippen LogP contribution in [0.4, 0.5) is 5.82 Å². The van der Waals surface area contributed by atoms with E-state index in [1.165, 1.54) is 4.40 Å². The number of rotatable bonds is 4. The van der Waals surface area contributed by atoms with Gasteiger partial charge in [0.25, 0.3) is 0 Å². The lowest BCUT2D eigenvalue weighted by molar-refractivity contribution is 0.0690. The van der Waals surface area contributed by atoms with E-state index in [1.54, 1.807) is 24.4 Å². The highest BCUT2D eigenvalue weighted by Crippen LogP contribution is 2.38. The van der Waals surface area contributed by atoms with Crippen molar-refractivity contribution in [1.29, 1.82) is 0 Å². The normalized spacial score (nSPS) is 16.7. The second-order valence-electron chi connectivity index (χ2n) is 4.61. The Hall–Kier alpha value is -2.08. The van der Waals surface area contributed by atoms with Crippen molar-refractivity contribution in [3.63, 3.8) is 0 Å². The molecule has 2 aromatic heterocycles. The summed E-state index contributed by atoms with van der Waals surface area (Å²) in [6.45, 7) is -0.0140. The summed E-state index contributed by atoms with van der Waals surface area (Å²) in [6, 6.07) is 5.30. The number of nitrogens with one attached hydrogen (secondary N) is 1. The van der Waals surface area contributed by atoms with Gasteiger partial charge in [0.1, 0.15) is 5.65 Å². The molecule has 6 nitrogen and oxygen atoms in total. The molecule has 0 saturated heterocycles. The maximum atomic E-state index is 11.3. The number of aliphatic hydroxyl groups excluding tert-OH is 1. The van der Waals surface area contributed by atoms with Gasteiger partial charge in [0, 0.05) is 6.20 Å². The lowest BCUT2D eigenvalue weighted by atomic mass is 10.3. The third kappa shape index (κ3) is 1.62. The van der Waals surface area contributed by atoms with E-state index >= 15 is 0 Å². The van der Waals surface area contributed by atoms with E-state index in [0.717, 1.165) is 12.8 Å². The molecule has 0 unspecified atom stereocenters. The minimum Gasteiger partial charge on any atom is -0.476 e. The van der Waals surface area contributed by atoms with Crippen LogP contribution in [-0.4, -0.2) is 37.7 Å². The molecule has 1 aliphatic carbocycles. The largest absolute Gasteiger partial charge is 0.476 e. The summed E-state index contributed by atoms with van der Waals surface area (Å²) in [5, 5.41) is 21.6. The first kappa shape index (κ1) is 11.0. The number of carboxylic acid groups (broad SMARTS) is 1. The molecule has 6 heteroatoms. The van der Waals surface area contributed by atoms with Crippen LogP contribution in [0.3, 0.4) is 0 Å². The zero-order valence-corrected chi connectivity index (χ0v) is 9.63. The molecular weight excluding hydrogens is 234 g/mol. The number of hydrogen-bond acceptors (Lipinski definition) is 4. The molecule has 0 aromatic carbocycles. The molecule has 3 N–H and O–H groups in total. The molecule has 3 rings (SSSR count). The fourth-order valence-electron chi connectivity index (χ4n) is 2.01. The zero-order chi connectivity index (χ0) is 12.8. The van der Waals surface area contributed by atoms with Crippen molar-refractivity contribution < 1.29 is 15.0 Å². The molecular formula is C12H13N3O3. The number of pyridine rings is 1. The molecule has 2 heterocycles. The topological polar surface area (TPSA) is 86.9 Å². The molecule has 94 valence electrons. The average Bonchev–Trinajstić information content (AvgIpc) is 3.02. The van der Waals surface area contributed by atoms with Crippen LogP contribution in [0.15, 0.2) is 24.4 Å². The number of aliphatic hydroxyl groups is 1. The summed E-state index contributed by atoms with van der Waals surface area (Å²) in [5.41, 5.74) is 0.291. The maximum Gasteiger partial charge on any atom is 0.356 e. The average molecular weight is 247 g/mol. The Labute approximate surface area is 103 Å². The van der Waals surface area contributed by atoms with Gasteiger partial charge in [0.05, 0.1) is 12.1 Å². The summed E-state index contributed by atoms with van der Waals surface area (Å²) in [6.07, 6.45) is 3.32. The molecule has 0 amide bonds. The summed E-state index contributed by atoms with van der Waals surface area (Å²) >= 11 is 0. The monoisotopic (exact) mass is 247 g/mol. The highest BCUT2D eigenvalue weighted by molar-refractivity contribution is 5.93. The molecule has 0 atom stereocenters. The van der Waals surface area contributed by atoms with Gasteiger partial charge >= 0.3 is 5.97 Å². The molecule has 1 fully saturated rings. The van der Waals surface area contributed by atoms with Gasteiger partial charge in [0.2, 0.25) is 0 Å². The van der Waals surface area contributed by atoms with Gasteiger partial charge in [-0.3, -0.25) is 4.40 Å². The molecule has 0 bridgehead atoms. The fourth-order valence-corrected chi connectivity index (χ4v) is 2.01. The van der Waals surface area contributed by atoms with E-state index in [-0.39, 0.29) is 17.8 Å². The van der Waals surface area contributed by atoms with Gasteiger partial charge in [0.15, 0.2) is 11.5 Å². The molecule has 1 saturated carbocycles. The smallest absolute Gasteiger partial charge is 0.356 e. The Kier molecular flexibility index (Phi) is 2.27. The van der Waals surface area contributed by atoms with E-state index < -0.39 is 5.97 Å². The van der Waals surface area contributed by atoms with Crippen molar-refractivity contribution in [2.24, 2.45) is 0 Å². The minimum absolute atomic E-state index is 0.0140. The van der Waals surface area contributed by atoms with Gasteiger partial charge < -0.3 is 15.5 Å². The van der Waals surface area contributed by atoms with Crippen LogP contribution in [0.1, 0.15) is 23.3 Å². The second kappa shape index (κ2) is 3.71. The Morgan fingerprint density at radius 1 is 1.50 bits per heavy atom. The standard InChI is InChI=1S/C12H13N3O3/c16-7-12(4-5-12)14-10-9(11(17)18)15-6-2-1-3-8(15)13-10/h1-3,6,14,16H,4-5,7H2,(H,17,18). The Balaban J connectivity index is 2.10. The number of carboxylic acids is 1. The SMILES string of the molecule is O=C(O)c1c(NC2(CO)CC2)nc2ccccn12. The van der Waals surface area contributed by atoms with E-state index in [2.05, 4.69) is 10.3 Å². The number of aromatic nitrogens is 2. The van der Waals surface area contributed by atoms with Crippen LogP contribution in [0, 0.1) is 0 Å². The maximum absolute atomic E-state index is 11.3. The van der Waals surface area contributed by atoms with Crippen molar-refractivity contribution in [3.05, 3.63) is 30.1 Å². The van der Waals surface area contributed by atoms with Crippen LogP contribution in [0.5, 0.6) is 0 Å². The number of hydrogen-bond donors (Lipinski definition) is 3. The van der Waals surface area contributed by atoms with Gasteiger partial charge in [-0.2, -0.15) is 0 Å². The van der Waals surface area contributed by atoms with Gasteiger partial charge in [-0.15, -0.1) is 0 Å². The summed E-state index contributed by atoms with van der Waals surface area (Å²) < 4.78 is 1.53. The lowest BCUT2D eigenvalue weighted by Gasteiger charge is -2.13. The first-order valence-electron chi connectivity index (χ1n) is 5.75. The molecule has 0 aliphatic heterocycles. The number of nitrogens with zero attached hydrogens (tertiary/aromatic N) is 2. The molecule has 0 radical (unpaired) electrons. The molecule has 1 aliphatic rings. The zero-order valence-electron chi connectivity index (χ0n) is 9.63. The van der Waals surface area contributed by atoms with Gasteiger partial charge in [-0.1, -0.05) is 6.07 Å². The van der Waals surface area contributed by atoms with Crippen molar-refractivity contribution in [2.75, 3.05) is 11.9 Å². The van der Waals surface area contributed by atoms with Gasteiger partial charge in [-0.05, 0) is 25.0 Å². The van der Waals surface area contributed by atoms with Crippen molar-refractivity contribution in [1.82, 2.24) is 9.38 Å². The number of carbonyl (C=O) groups is 1. The highest BCUT2D eigenvalue weighted by atomic mass is 16.4. The van der Waals surface area contributed by atoms with Crippen LogP contribution < -0.4 is 5.32 Å². The number of anilines is 1. The summed E-state index contributed by atoms with van der Waals surface area (Å²) in [7, 11) is 0. The van der Waals surface area contributed by atoms with E-state index in [4.69, 9.17) is 0 Å². The van der Waals surface area contributed by atoms with Crippen molar-refractivity contribution in [3.8, 4) is 0 Å². The van der Waals surface area contributed by atoms with Crippen LogP contribution in [-0.2, 0) is 0 Å². The number of aromatic carboxylic acids is 1. The quantitative estimate of drug-likeness (QED) is 0.749. The Morgan fingerprint density at radius 3 is 2.89 bits per heavy atom. The molecule has 0 spiro atoms. The fraction of sp³-hybridized carbons (Fsp3) is 0.333. The van der Waals surface area contributed by atoms with Crippen molar-refractivity contribution in [2.45, 2.75) is 18.4 Å². The predicted molar refractivity (Wildman–Crippen MR) is 64.8 cm³/mol. The third-order valence-corrected chi connectivity index (χ3v) is 3.27. The number of fused-ring (bicyclic) bond motifs is 1. The summed E-state index contributed by atoms with van der Waals surface area (Å²) in [4.78, 5) is 15.6. The second-order valence-corrected chi connectivity index (χ2v) is 4.61. The molecule has 2 aromatic rings.